The molecule has 0 saturated carbocycles. The standard InChI is InChI=1S/C19H20F2N4O5/c20-14-8-12(24-11-13(10-22)30-19(24)27)9-15(21)17(14)23-3-4-25(29-7-5-23)18(26)16-2-1-6-28-16/h1-2,6,8-9,13H,3-5,7,10-11,22H2/t13-/m0/s1. The van der Waals surface area contributed by atoms with Gasteiger partial charge in [-0.3, -0.25) is 14.5 Å². The van der Waals surface area contributed by atoms with Crippen molar-refractivity contribution < 1.29 is 32.4 Å². The van der Waals surface area contributed by atoms with Gasteiger partial charge >= 0.3 is 12.0 Å². The second-order valence-electron chi connectivity index (χ2n) is 6.81. The predicted molar refractivity (Wildman–Crippen MR) is 101 cm³/mol. The van der Waals surface area contributed by atoms with E-state index in [1.807, 2.05) is 0 Å². The maximum Gasteiger partial charge on any atom is 0.414 e. The lowest BCUT2D eigenvalue weighted by Crippen LogP contribution is -2.34. The quantitative estimate of drug-likeness (QED) is 0.801. The third-order valence-corrected chi connectivity index (χ3v) is 4.91. The van der Waals surface area contributed by atoms with Crippen molar-refractivity contribution in [1.29, 1.82) is 0 Å². The average Bonchev–Trinajstić information content (AvgIpc) is 3.32. The first-order valence-electron chi connectivity index (χ1n) is 9.38. The number of nitrogens with zero attached hydrogens (tertiary/aromatic N) is 3. The van der Waals surface area contributed by atoms with E-state index in [1.54, 1.807) is 6.07 Å². The molecule has 2 aromatic rings. The Morgan fingerprint density at radius 1 is 1.20 bits per heavy atom. The third kappa shape index (κ3) is 3.81. The maximum atomic E-state index is 14.8. The van der Waals surface area contributed by atoms with E-state index in [-0.39, 0.29) is 56.5 Å². The fourth-order valence-corrected chi connectivity index (χ4v) is 3.42. The van der Waals surface area contributed by atoms with E-state index in [4.69, 9.17) is 19.7 Å². The second-order valence-corrected chi connectivity index (χ2v) is 6.81. The molecule has 0 bridgehead atoms. The van der Waals surface area contributed by atoms with Gasteiger partial charge in [0.1, 0.15) is 11.8 Å². The van der Waals surface area contributed by atoms with Crippen LogP contribution in [0.4, 0.5) is 25.0 Å². The zero-order chi connectivity index (χ0) is 21.3. The van der Waals surface area contributed by atoms with Gasteiger partial charge in [-0.25, -0.2) is 18.6 Å². The van der Waals surface area contributed by atoms with Crippen molar-refractivity contribution in [2.45, 2.75) is 6.10 Å². The Hall–Kier alpha value is -3.18. The van der Waals surface area contributed by atoms with E-state index in [0.717, 1.165) is 22.1 Å². The zero-order valence-electron chi connectivity index (χ0n) is 15.9. The van der Waals surface area contributed by atoms with Crippen LogP contribution in [0.25, 0.3) is 0 Å². The molecule has 9 nitrogen and oxygen atoms in total. The van der Waals surface area contributed by atoms with Crippen LogP contribution in [0.3, 0.4) is 0 Å². The number of furan rings is 1. The van der Waals surface area contributed by atoms with Crippen LogP contribution in [-0.4, -0.2) is 62.5 Å². The van der Waals surface area contributed by atoms with E-state index in [1.165, 1.54) is 17.2 Å². The number of rotatable bonds is 4. The summed E-state index contributed by atoms with van der Waals surface area (Å²) in [4.78, 5) is 32.3. The monoisotopic (exact) mass is 422 g/mol. The number of ether oxygens (including phenoxy) is 1. The predicted octanol–water partition coefficient (Wildman–Crippen LogP) is 1.74. The molecular weight excluding hydrogens is 402 g/mol. The van der Waals surface area contributed by atoms with Crippen LogP contribution in [-0.2, 0) is 9.57 Å². The smallest absolute Gasteiger partial charge is 0.414 e. The van der Waals surface area contributed by atoms with Gasteiger partial charge in [0.2, 0.25) is 0 Å². The number of hydrogen-bond donors (Lipinski definition) is 1. The summed E-state index contributed by atoms with van der Waals surface area (Å²) in [5.74, 6) is -2.03. The first-order valence-corrected chi connectivity index (χ1v) is 9.38. The molecule has 2 amide bonds. The third-order valence-electron chi connectivity index (χ3n) is 4.91. The molecule has 0 radical (unpaired) electrons. The van der Waals surface area contributed by atoms with Crippen molar-refractivity contribution >= 4 is 23.4 Å². The highest BCUT2D eigenvalue weighted by Crippen LogP contribution is 2.31. The highest BCUT2D eigenvalue weighted by atomic mass is 19.1. The van der Waals surface area contributed by atoms with Gasteiger partial charge in [0.15, 0.2) is 17.4 Å². The number of cyclic esters (lactones) is 1. The molecule has 1 aromatic heterocycles. The number of anilines is 2. The van der Waals surface area contributed by atoms with Crippen LogP contribution < -0.4 is 15.5 Å². The summed E-state index contributed by atoms with van der Waals surface area (Å²) >= 11 is 0. The van der Waals surface area contributed by atoms with Gasteiger partial charge in [0.25, 0.3) is 0 Å². The largest absolute Gasteiger partial charge is 0.459 e. The summed E-state index contributed by atoms with van der Waals surface area (Å²) in [7, 11) is 0. The summed E-state index contributed by atoms with van der Waals surface area (Å²) < 4.78 is 39.8. The van der Waals surface area contributed by atoms with E-state index < -0.39 is 29.7 Å². The Labute approximate surface area is 170 Å². The number of amides is 2. The molecule has 2 aliphatic rings. The van der Waals surface area contributed by atoms with Gasteiger partial charge in [-0.05, 0) is 12.1 Å². The average molecular weight is 422 g/mol. The first-order chi connectivity index (χ1) is 14.5. The Morgan fingerprint density at radius 3 is 2.60 bits per heavy atom. The molecule has 0 aliphatic carbocycles. The van der Waals surface area contributed by atoms with Crippen molar-refractivity contribution in [1.82, 2.24) is 5.06 Å². The molecule has 3 heterocycles. The van der Waals surface area contributed by atoms with Crippen molar-refractivity contribution in [2.75, 3.05) is 49.1 Å². The molecule has 2 fully saturated rings. The number of benzene rings is 1. The van der Waals surface area contributed by atoms with Gasteiger partial charge in [-0.15, -0.1) is 0 Å². The van der Waals surface area contributed by atoms with E-state index >= 15 is 0 Å². The zero-order valence-corrected chi connectivity index (χ0v) is 15.9. The van der Waals surface area contributed by atoms with Gasteiger partial charge in [-0.2, -0.15) is 0 Å². The summed E-state index contributed by atoms with van der Waals surface area (Å²) in [6.45, 7) is 0.665. The number of nitrogens with two attached hydrogens (primary N) is 1. The van der Waals surface area contributed by atoms with Crippen molar-refractivity contribution in [2.24, 2.45) is 5.73 Å². The molecule has 2 saturated heterocycles. The van der Waals surface area contributed by atoms with Crippen molar-refractivity contribution in [3.63, 3.8) is 0 Å². The lowest BCUT2D eigenvalue weighted by Gasteiger charge is -2.24. The summed E-state index contributed by atoms with van der Waals surface area (Å²) in [5.41, 5.74) is 5.29. The molecule has 160 valence electrons. The van der Waals surface area contributed by atoms with Gasteiger partial charge < -0.3 is 19.8 Å². The van der Waals surface area contributed by atoms with E-state index in [2.05, 4.69) is 0 Å². The van der Waals surface area contributed by atoms with Crippen LogP contribution >= 0.6 is 0 Å². The number of carbonyl (C=O) groups excluding carboxylic acids is 2. The van der Waals surface area contributed by atoms with Crippen LogP contribution in [0.5, 0.6) is 0 Å². The fourth-order valence-electron chi connectivity index (χ4n) is 3.42. The second kappa shape index (κ2) is 8.28. The number of carbonyl (C=O) groups is 2. The number of halogens is 2. The van der Waals surface area contributed by atoms with Crippen molar-refractivity contribution in [3.8, 4) is 0 Å². The SMILES string of the molecule is NC[C@H]1CN(c2cc(F)c(N3CCON(C(=O)c4ccco4)CC3)c(F)c2)C(=O)O1. The molecule has 4 rings (SSSR count). The van der Waals surface area contributed by atoms with Crippen LogP contribution in [0.1, 0.15) is 10.6 Å². The molecule has 30 heavy (non-hydrogen) atoms. The topological polar surface area (TPSA) is 101 Å². The molecular formula is C19H20F2N4O5. The van der Waals surface area contributed by atoms with E-state index in [0.29, 0.717) is 0 Å². The molecule has 11 heteroatoms. The molecule has 1 atom stereocenters. The number of hydroxylamine groups is 2. The fraction of sp³-hybridized carbons (Fsp3) is 0.368. The molecule has 1 aromatic carbocycles. The Kier molecular flexibility index (Phi) is 5.55. The maximum absolute atomic E-state index is 14.8. The Bertz CT molecular complexity index is 916. The minimum atomic E-state index is -0.834. The Balaban J connectivity index is 1.50. The van der Waals surface area contributed by atoms with Gasteiger partial charge in [-0.1, -0.05) is 0 Å². The highest BCUT2D eigenvalue weighted by molar-refractivity contribution is 5.91. The lowest BCUT2D eigenvalue weighted by molar-refractivity contribution is -0.113. The van der Waals surface area contributed by atoms with Crippen molar-refractivity contribution in [3.05, 3.63) is 47.9 Å². The molecule has 2 aliphatic heterocycles. The molecule has 2 N–H and O–H groups in total. The van der Waals surface area contributed by atoms with Gasteiger partial charge in [0.05, 0.1) is 31.6 Å². The minimum Gasteiger partial charge on any atom is -0.459 e. The first kappa shape index (κ1) is 20.1. The lowest BCUT2D eigenvalue weighted by atomic mass is 10.2. The van der Waals surface area contributed by atoms with E-state index in [9.17, 15) is 18.4 Å². The number of hydrogen-bond acceptors (Lipinski definition) is 7. The summed E-state index contributed by atoms with van der Waals surface area (Å²) in [6, 6.07) is 5.24. The minimum absolute atomic E-state index is 0.0453. The normalized spacial score (nSPS) is 19.8. The van der Waals surface area contributed by atoms with Gasteiger partial charge in [0, 0.05) is 31.8 Å². The molecule has 0 spiro atoms. The highest BCUT2D eigenvalue weighted by Gasteiger charge is 2.33. The van der Waals surface area contributed by atoms with Crippen LogP contribution in [0, 0.1) is 11.6 Å². The summed E-state index contributed by atoms with van der Waals surface area (Å²) in [6.07, 6.45) is 0.145. The van der Waals surface area contributed by atoms with Crippen LogP contribution in [0.15, 0.2) is 34.9 Å². The van der Waals surface area contributed by atoms with Crippen LogP contribution in [0.2, 0.25) is 0 Å². The Morgan fingerprint density at radius 2 is 1.97 bits per heavy atom. The molecule has 0 unspecified atom stereocenters. The summed E-state index contributed by atoms with van der Waals surface area (Å²) in [5, 5.41) is 1.11.